The lowest BCUT2D eigenvalue weighted by Gasteiger charge is -2.20. The molecule has 0 amide bonds. The first-order valence-electron chi connectivity index (χ1n) is 19.8. The van der Waals surface area contributed by atoms with Crippen LogP contribution >= 0.6 is 0 Å². The highest BCUT2D eigenvalue weighted by Gasteiger charge is 2.41. The van der Waals surface area contributed by atoms with Crippen LogP contribution in [0, 0.1) is 11.8 Å². The number of carbonyl (C=O) groups is 1. The quantitative estimate of drug-likeness (QED) is 0.285. The number of esters is 1. The summed E-state index contributed by atoms with van der Waals surface area (Å²) in [5.41, 5.74) is 12.9. The molecule has 8 bridgehead atoms. The van der Waals surface area contributed by atoms with Crippen molar-refractivity contribution in [1.29, 1.82) is 0 Å². The Kier molecular flexibility index (Phi) is 12.8. The van der Waals surface area contributed by atoms with Gasteiger partial charge in [0.25, 0.3) is 0 Å². The van der Waals surface area contributed by atoms with E-state index in [0.717, 1.165) is 85.4 Å². The maximum atomic E-state index is 13.4. The molecule has 1 unspecified atom stereocenters. The van der Waals surface area contributed by atoms with E-state index in [0.29, 0.717) is 71.4 Å². The smallest absolute Gasteiger partial charge is 0.305 e. The Morgan fingerprint density at radius 1 is 0.857 bits per heavy atom. The van der Waals surface area contributed by atoms with Gasteiger partial charge in [-0.05, 0) is 74.1 Å². The number of hydrogen-bond donors (Lipinski definition) is 3. The molecule has 13 heteroatoms. The molecule has 0 radical (unpaired) electrons. The predicted octanol–water partition coefficient (Wildman–Crippen LogP) is 5.44. The summed E-state index contributed by atoms with van der Waals surface area (Å²) in [6, 6.07) is 0. The molecule has 7 rings (SSSR count). The summed E-state index contributed by atoms with van der Waals surface area (Å²) in [5.74, 6) is -0.184. The molecule has 0 saturated carbocycles. The minimum absolute atomic E-state index is 0.0308. The van der Waals surface area contributed by atoms with Crippen molar-refractivity contribution in [3.05, 3.63) is 91.5 Å². The standard InChI is InChI=1S/C43H54N4O9/c1-6-29-24(2)34-19-38-32(21-48)26(4)33(45-38)18-35-25(3)30(42(46-35)31-17-39(49)41-27(5)36(47-43(31)41)20-37(29)44-34)7-8-40(50)56-23-28-22-54-14-13-52-10-9-51-11-12-53-15-16-55-28/h18-20,25,28,30,46,48-49H,6-17,21-23H2,1-5H3/t25-,28?,30-/m0/s1. The maximum Gasteiger partial charge on any atom is 0.305 e. The first-order valence-corrected chi connectivity index (χ1v) is 19.8. The first-order chi connectivity index (χ1) is 27.2. The maximum absolute atomic E-state index is 13.4. The topological polar surface area (TPSA) is 162 Å². The molecule has 56 heavy (non-hydrogen) atoms. The molecule has 6 heterocycles. The average Bonchev–Trinajstić information content (AvgIpc) is 3.94. The monoisotopic (exact) mass is 770 g/mol. The van der Waals surface area contributed by atoms with E-state index in [1.807, 2.05) is 32.1 Å². The fourth-order valence-corrected chi connectivity index (χ4v) is 8.18. The second-order valence-electron chi connectivity index (χ2n) is 14.9. The number of ether oxygens (including phenoxy) is 6. The Morgan fingerprint density at radius 3 is 2.20 bits per heavy atom. The van der Waals surface area contributed by atoms with E-state index in [1.54, 1.807) is 0 Å². The number of aliphatic hydroxyl groups excluding tert-OH is 2. The van der Waals surface area contributed by atoms with Gasteiger partial charge < -0.3 is 44.0 Å². The molecule has 0 aromatic carbocycles. The van der Waals surface area contributed by atoms with Crippen LogP contribution < -0.4 is 5.32 Å². The summed E-state index contributed by atoms with van der Waals surface area (Å²) in [4.78, 5) is 28.6. The molecule has 7 aliphatic rings. The third kappa shape index (κ3) is 8.39. The van der Waals surface area contributed by atoms with Gasteiger partial charge in [0, 0.05) is 52.8 Å². The number of nitrogens with one attached hydrogen (secondary N) is 1. The first kappa shape index (κ1) is 40.0. The van der Waals surface area contributed by atoms with Crippen molar-refractivity contribution in [2.45, 2.75) is 66.4 Å². The van der Waals surface area contributed by atoms with Crippen LogP contribution in [-0.2, 0) is 33.2 Å². The number of aliphatic hydroxyl groups is 2. The fraction of sp³-hybridized carbons (Fsp3) is 0.535. The van der Waals surface area contributed by atoms with E-state index in [2.05, 4.69) is 26.1 Å². The van der Waals surface area contributed by atoms with E-state index >= 15 is 0 Å². The van der Waals surface area contributed by atoms with E-state index in [9.17, 15) is 15.0 Å². The SMILES string of the molecule is CCC1=C(C)C2=NC1=CC1=C(C)C3=C(O)CC(=C4NC(=CC5=NC(=C2)C(CO)=C5C)[C@@H](C)[C@@H]4CCC(=O)OCC2COCCOCCOCCOCCO2)C3=N1. The molecule has 6 aliphatic heterocycles. The minimum atomic E-state index is -0.453. The number of rotatable bonds is 7. The molecule has 0 aromatic rings. The van der Waals surface area contributed by atoms with Crippen LogP contribution in [0.2, 0.25) is 0 Å². The number of carbonyl (C=O) groups excluding carboxylic acids is 1. The number of hydrogen-bond acceptors (Lipinski definition) is 13. The molecule has 2 fully saturated rings. The zero-order chi connectivity index (χ0) is 39.3. The van der Waals surface area contributed by atoms with Crippen molar-refractivity contribution in [2.75, 3.05) is 72.7 Å². The summed E-state index contributed by atoms with van der Waals surface area (Å²) in [6.45, 7) is 13.9. The Labute approximate surface area is 328 Å². The molecule has 3 atom stereocenters. The van der Waals surface area contributed by atoms with Crippen molar-refractivity contribution in [2.24, 2.45) is 26.8 Å². The van der Waals surface area contributed by atoms with Crippen molar-refractivity contribution >= 4 is 23.1 Å². The van der Waals surface area contributed by atoms with Crippen LogP contribution in [0.25, 0.3) is 0 Å². The van der Waals surface area contributed by atoms with Gasteiger partial charge in [-0.25, -0.2) is 15.0 Å². The highest BCUT2D eigenvalue weighted by molar-refractivity contribution is 6.21. The summed E-state index contributed by atoms with van der Waals surface area (Å²) in [6.07, 6.45) is 7.37. The Balaban J connectivity index is 1.15. The van der Waals surface area contributed by atoms with Gasteiger partial charge in [0.05, 0.1) is 100 Å². The van der Waals surface area contributed by atoms with Crippen LogP contribution in [0.15, 0.2) is 106 Å². The lowest BCUT2D eigenvalue weighted by atomic mass is 9.86. The molecule has 0 aromatic heterocycles. The number of fused-ring (bicyclic) bond motifs is 5. The van der Waals surface area contributed by atoms with Crippen LogP contribution in [0.4, 0.5) is 0 Å². The van der Waals surface area contributed by atoms with Crippen molar-refractivity contribution in [1.82, 2.24) is 5.32 Å². The normalized spacial score (nSPS) is 26.4. The van der Waals surface area contributed by atoms with Gasteiger partial charge in [0.1, 0.15) is 18.5 Å². The second-order valence-corrected chi connectivity index (χ2v) is 14.9. The van der Waals surface area contributed by atoms with E-state index in [4.69, 9.17) is 43.4 Å². The van der Waals surface area contributed by atoms with Crippen LogP contribution in [0.1, 0.15) is 60.3 Å². The predicted molar refractivity (Wildman–Crippen MR) is 212 cm³/mol. The number of nitrogens with zero attached hydrogens (tertiary/aromatic N) is 3. The zero-order valence-corrected chi connectivity index (χ0v) is 33.2. The van der Waals surface area contributed by atoms with Gasteiger partial charge in [0.15, 0.2) is 0 Å². The van der Waals surface area contributed by atoms with Crippen LogP contribution in [0.3, 0.4) is 0 Å². The molecule has 1 aliphatic carbocycles. The third-order valence-corrected chi connectivity index (χ3v) is 11.4. The van der Waals surface area contributed by atoms with E-state index in [-0.39, 0.29) is 49.8 Å². The highest BCUT2D eigenvalue weighted by atomic mass is 16.6. The molecule has 300 valence electrons. The average molecular weight is 771 g/mol. The summed E-state index contributed by atoms with van der Waals surface area (Å²) >= 11 is 0. The van der Waals surface area contributed by atoms with Crippen molar-refractivity contribution in [3.63, 3.8) is 0 Å². The number of allylic oxidation sites excluding steroid dienone is 11. The molecule has 13 nitrogen and oxygen atoms in total. The van der Waals surface area contributed by atoms with Crippen LogP contribution in [-0.4, -0.2) is 112 Å². The summed E-state index contributed by atoms with van der Waals surface area (Å²) in [5, 5.41) is 25.6. The lowest BCUT2D eigenvalue weighted by molar-refractivity contribution is -0.151. The molecule has 3 N–H and O–H groups in total. The van der Waals surface area contributed by atoms with E-state index in [1.165, 1.54) is 0 Å². The summed E-state index contributed by atoms with van der Waals surface area (Å²) in [7, 11) is 0. The van der Waals surface area contributed by atoms with Gasteiger partial charge in [-0.3, -0.25) is 4.79 Å². The minimum Gasteiger partial charge on any atom is -0.511 e. The summed E-state index contributed by atoms with van der Waals surface area (Å²) < 4.78 is 34.1. The second kappa shape index (κ2) is 17.9. The van der Waals surface area contributed by atoms with Gasteiger partial charge >= 0.3 is 5.97 Å². The zero-order valence-electron chi connectivity index (χ0n) is 33.2. The van der Waals surface area contributed by atoms with Crippen molar-refractivity contribution in [3.8, 4) is 0 Å². The van der Waals surface area contributed by atoms with Gasteiger partial charge in [-0.1, -0.05) is 13.8 Å². The lowest BCUT2D eigenvalue weighted by Crippen LogP contribution is -2.29. The van der Waals surface area contributed by atoms with Gasteiger partial charge in [0.2, 0.25) is 0 Å². The largest absolute Gasteiger partial charge is 0.511 e. The van der Waals surface area contributed by atoms with E-state index < -0.39 is 6.10 Å². The van der Waals surface area contributed by atoms with Crippen molar-refractivity contribution < 1.29 is 43.4 Å². The van der Waals surface area contributed by atoms with Gasteiger partial charge in [-0.15, -0.1) is 0 Å². The molecular weight excluding hydrogens is 716 g/mol. The highest BCUT2D eigenvalue weighted by Crippen LogP contribution is 2.46. The molecule has 0 spiro atoms. The molecular formula is C43H54N4O9. The number of aliphatic imine (C=N–C) groups is 3. The van der Waals surface area contributed by atoms with Gasteiger partial charge in [-0.2, -0.15) is 0 Å². The Morgan fingerprint density at radius 2 is 1.50 bits per heavy atom. The Bertz CT molecular complexity index is 1960. The Hall–Kier alpha value is -4.24. The molecule has 2 saturated heterocycles. The third-order valence-electron chi connectivity index (χ3n) is 11.4. The fourth-order valence-electron chi connectivity index (χ4n) is 8.18. The van der Waals surface area contributed by atoms with Crippen LogP contribution in [0.5, 0.6) is 0 Å².